The lowest BCUT2D eigenvalue weighted by Crippen LogP contribution is -2.23. The van der Waals surface area contributed by atoms with E-state index in [2.05, 4.69) is 44.3 Å². The zero-order valence-electron chi connectivity index (χ0n) is 11.8. The average molecular weight is 247 g/mol. The molecular formula is C16H25NO. The van der Waals surface area contributed by atoms with Crippen LogP contribution in [0.2, 0.25) is 0 Å². The van der Waals surface area contributed by atoms with Gasteiger partial charge in [-0.05, 0) is 37.3 Å². The number of hydrogen-bond donors (Lipinski definition) is 1. The monoisotopic (exact) mass is 247 g/mol. The first-order valence-corrected chi connectivity index (χ1v) is 7.25. The van der Waals surface area contributed by atoms with Crippen molar-refractivity contribution < 1.29 is 4.74 Å². The molecule has 1 atom stereocenters. The summed E-state index contributed by atoms with van der Waals surface area (Å²) in [5.41, 5.74) is 2.62. The summed E-state index contributed by atoms with van der Waals surface area (Å²) in [6.45, 7) is 7.54. The number of ether oxygens (including phenoxy) is 1. The molecule has 1 aromatic rings. The van der Waals surface area contributed by atoms with Crippen LogP contribution in [-0.2, 0) is 6.42 Å². The van der Waals surface area contributed by atoms with E-state index >= 15 is 0 Å². The zero-order valence-corrected chi connectivity index (χ0v) is 11.8. The third kappa shape index (κ3) is 2.98. The molecule has 0 radical (unpaired) electrons. The Morgan fingerprint density at radius 3 is 2.83 bits per heavy atom. The minimum atomic E-state index is 0.551. The molecule has 1 heterocycles. The largest absolute Gasteiger partial charge is 0.491 e. The predicted molar refractivity (Wildman–Crippen MR) is 77.4 cm³/mol. The Bertz CT molecular complexity index is 385. The van der Waals surface area contributed by atoms with Gasteiger partial charge in [-0.3, -0.25) is 0 Å². The van der Waals surface area contributed by atoms with E-state index < -0.39 is 0 Å². The van der Waals surface area contributed by atoms with Crippen molar-refractivity contribution in [1.29, 1.82) is 0 Å². The van der Waals surface area contributed by atoms with Crippen molar-refractivity contribution in [3.63, 3.8) is 0 Å². The Labute approximate surface area is 111 Å². The summed E-state index contributed by atoms with van der Waals surface area (Å²) in [7, 11) is 0. The molecule has 1 aliphatic rings. The summed E-state index contributed by atoms with van der Waals surface area (Å²) in [6.07, 6.45) is 4.75. The fourth-order valence-electron chi connectivity index (χ4n) is 2.49. The molecule has 0 bridgehead atoms. The maximum Gasteiger partial charge on any atom is 0.142 e. The van der Waals surface area contributed by atoms with Crippen molar-refractivity contribution in [3.8, 4) is 5.75 Å². The maximum atomic E-state index is 6.03. The highest BCUT2D eigenvalue weighted by atomic mass is 16.5. The second-order valence-electron chi connectivity index (χ2n) is 5.37. The normalized spacial score (nSPS) is 18.3. The second-order valence-corrected chi connectivity index (χ2v) is 5.37. The number of nitrogens with one attached hydrogen (secondary N) is 1. The Balaban J connectivity index is 2.09. The molecule has 1 aliphatic heterocycles. The van der Waals surface area contributed by atoms with Crippen LogP contribution in [-0.4, -0.2) is 12.6 Å². The highest BCUT2D eigenvalue weighted by Gasteiger charge is 2.18. The summed E-state index contributed by atoms with van der Waals surface area (Å²) in [5.74, 6) is 1.70. The van der Waals surface area contributed by atoms with Crippen LogP contribution in [0.4, 0.5) is 5.69 Å². The number of benzene rings is 1. The molecule has 0 aliphatic carbocycles. The summed E-state index contributed by atoms with van der Waals surface area (Å²) in [5, 5.41) is 3.56. The third-order valence-corrected chi connectivity index (χ3v) is 3.98. The molecule has 0 saturated heterocycles. The van der Waals surface area contributed by atoms with Gasteiger partial charge in [-0.1, -0.05) is 38.8 Å². The minimum absolute atomic E-state index is 0.551. The van der Waals surface area contributed by atoms with Crippen molar-refractivity contribution in [2.24, 2.45) is 5.92 Å². The average Bonchev–Trinajstić information content (AvgIpc) is 2.40. The van der Waals surface area contributed by atoms with Gasteiger partial charge in [0.05, 0.1) is 12.3 Å². The molecule has 1 aromatic carbocycles. The van der Waals surface area contributed by atoms with Crippen molar-refractivity contribution in [1.82, 2.24) is 0 Å². The lowest BCUT2D eigenvalue weighted by atomic mass is 9.98. The molecule has 18 heavy (non-hydrogen) atoms. The van der Waals surface area contributed by atoms with E-state index in [1.807, 2.05) is 0 Å². The SMILES string of the molecule is CCC(CC)COc1cccc2c1NC(C)CC2. The van der Waals surface area contributed by atoms with Crippen LogP contribution in [0.5, 0.6) is 5.75 Å². The van der Waals surface area contributed by atoms with Crippen molar-refractivity contribution in [3.05, 3.63) is 23.8 Å². The number of hydrogen-bond acceptors (Lipinski definition) is 2. The molecule has 1 unspecified atom stereocenters. The van der Waals surface area contributed by atoms with Gasteiger partial charge in [0.25, 0.3) is 0 Å². The van der Waals surface area contributed by atoms with Crippen LogP contribution in [0.25, 0.3) is 0 Å². The van der Waals surface area contributed by atoms with Gasteiger partial charge in [0, 0.05) is 6.04 Å². The topological polar surface area (TPSA) is 21.3 Å². The van der Waals surface area contributed by atoms with Gasteiger partial charge in [-0.2, -0.15) is 0 Å². The highest BCUT2D eigenvalue weighted by molar-refractivity contribution is 5.63. The van der Waals surface area contributed by atoms with Gasteiger partial charge in [0.2, 0.25) is 0 Å². The standard InChI is InChI=1S/C16H25NO/c1-4-13(5-2)11-18-15-8-6-7-14-10-9-12(3)17-16(14)15/h6-8,12-13,17H,4-5,9-11H2,1-3H3. The van der Waals surface area contributed by atoms with E-state index in [0.717, 1.165) is 18.8 Å². The van der Waals surface area contributed by atoms with Crippen LogP contribution in [0.1, 0.15) is 45.6 Å². The van der Waals surface area contributed by atoms with Gasteiger partial charge in [-0.25, -0.2) is 0 Å². The van der Waals surface area contributed by atoms with Crippen LogP contribution < -0.4 is 10.1 Å². The van der Waals surface area contributed by atoms with Gasteiger partial charge in [0.1, 0.15) is 5.75 Å². The number of anilines is 1. The molecular weight excluding hydrogens is 222 g/mol. The lowest BCUT2D eigenvalue weighted by molar-refractivity contribution is 0.241. The minimum Gasteiger partial charge on any atom is -0.491 e. The van der Waals surface area contributed by atoms with Crippen LogP contribution >= 0.6 is 0 Å². The van der Waals surface area contributed by atoms with E-state index in [1.54, 1.807) is 0 Å². The van der Waals surface area contributed by atoms with Gasteiger partial charge in [-0.15, -0.1) is 0 Å². The first-order chi connectivity index (χ1) is 8.74. The Morgan fingerprint density at radius 2 is 2.11 bits per heavy atom. The molecule has 1 N–H and O–H groups in total. The van der Waals surface area contributed by atoms with E-state index in [4.69, 9.17) is 4.74 Å². The third-order valence-electron chi connectivity index (χ3n) is 3.98. The van der Waals surface area contributed by atoms with Crippen LogP contribution in [0.15, 0.2) is 18.2 Å². The summed E-state index contributed by atoms with van der Waals surface area (Å²) < 4.78 is 6.03. The smallest absolute Gasteiger partial charge is 0.142 e. The van der Waals surface area contributed by atoms with Crippen LogP contribution in [0, 0.1) is 5.92 Å². The Hall–Kier alpha value is -1.18. The number of rotatable bonds is 5. The fourth-order valence-corrected chi connectivity index (χ4v) is 2.49. The number of aryl methyl sites for hydroxylation is 1. The van der Waals surface area contributed by atoms with E-state index in [1.165, 1.54) is 30.5 Å². The van der Waals surface area contributed by atoms with Gasteiger partial charge >= 0.3 is 0 Å². The second kappa shape index (κ2) is 6.12. The van der Waals surface area contributed by atoms with Gasteiger partial charge < -0.3 is 10.1 Å². The van der Waals surface area contributed by atoms with Crippen molar-refractivity contribution in [2.45, 2.75) is 52.5 Å². The molecule has 0 spiro atoms. The number of para-hydroxylation sites is 1. The molecule has 2 heteroatoms. The molecule has 0 amide bonds. The molecule has 100 valence electrons. The van der Waals surface area contributed by atoms with Gasteiger partial charge in [0.15, 0.2) is 0 Å². The van der Waals surface area contributed by atoms with Crippen molar-refractivity contribution in [2.75, 3.05) is 11.9 Å². The summed E-state index contributed by atoms with van der Waals surface area (Å²) >= 11 is 0. The molecule has 0 fully saturated rings. The molecule has 0 saturated carbocycles. The van der Waals surface area contributed by atoms with E-state index in [0.29, 0.717) is 12.0 Å². The van der Waals surface area contributed by atoms with E-state index in [9.17, 15) is 0 Å². The highest BCUT2D eigenvalue weighted by Crippen LogP contribution is 2.34. The Morgan fingerprint density at radius 1 is 1.33 bits per heavy atom. The van der Waals surface area contributed by atoms with E-state index in [-0.39, 0.29) is 0 Å². The molecule has 2 rings (SSSR count). The predicted octanol–water partition coefficient (Wildman–Crippen LogP) is 4.25. The first-order valence-electron chi connectivity index (χ1n) is 7.25. The van der Waals surface area contributed by atoms with Crippen LogP contribution in [0.3, 0.4) is 0 Å². The first kappa shape index (κ1) is 13.3. The van der Waals surface area contributed by atoms with Crippen molar-refractivity contribution >= 4 is 5.69 Å². The number of fused-ring (bicyclic) bond motifs is 1. The molecule has 2 nitrogen and oxygen atoms in total. The summed E-state index contributed by atoms with van der Waals surface area (Å²) in [4.78, 5) is 0. The molecule has 0 aromatic heterocycles. The summed E-state index contributed by atoms with van der Waals surface area (Å²) in [6, 6.07) is 6.96. The fraction of sp³-hybridized carbons (Fsp3) is 0.625. The zero-order chi connectivity index (χ0) is 13.0. The quantitative estimate of drug-likeness (QED) is 0.840. The Kier molecular flexibility index (Phi) is 4.51. The lowest BCUT2D eigenvalue weighted by Gasteiger charge is -2.26. The maximum absolute atomic E-state index is 6.03.